The van der Waals surface area contributed by atoms with Gasteiger partial charge in [0.05, 0.1) is 31.1 Å². The van der Waals surface area contributed by atoms with E-state index in [-0.39, 0.29) is 11.8 Å². The van der Waals surface area contributed by atoms with Gasteiger partial charge in [-0.1, -0.05) is 25.3 Å². The fourth-order valence-electron chi connectivity index (χ4n) is 4.65. The van der Waals surface area contributed by atoms with Gasteiger partial charge in [0, 0.05) is 50.7 Å². The van der Waals surface area contributed by atoms with Crippen molar-refractivity contribution in [3.63, 3.8) is 0 Å². The number of pyridine rings is 1. The fourth-order valence-corrected chi connectivity index (χ4v) is 4.65. The van der Waals surface area contributed by atoms with Crippen LogP contribution in [0.4, 0.5) is 22.9 Å². The Labute approximate surface area is 190 Å². The molecule has 2 heterocycles. The third-order valence-corrected chi connectivity index (χ3v) is 6.46. The molecule has 1 aromatic carbocycles. The summed E-state index contributed by atoms with van der Waals surface area (Å²) in [4.78, 5) is 22.5. The smallest absolute Gasteiger partial charge is 0.230 e. The summed E-state index contributed by atoms with van der Waals surface area (Å²) in [6.45, 7) is 3.28. The van der Waals surface area contributed by atoms with Gasteiger partial charge in [0.1, 0.15) is 5.82 Å². The van der Waals surface area contributed by atoms with E-state index >= 15 is 0 Å². The Hall–Kier alpha value is -2.64. The summed E-state index contributed by atoms with van der Waals surface area (Å²) in [5.74, 6) is 1.13. The number of aromatic nitrogens is 1. The topological polar surface area (TPSA) is 66.9 Å². The molecule has 2 aliphatic rings. The summed E-state index contributed by atoms with van der Waals surface area (Å²) in [7, 11) is 3.43. The summed E-state index contributed by atoms with van der Waals surface area (Å²) in [5, 5.41) is 3.47. The molecule has 1 aliphatic carbocycles. The highest BCUT2D eigenvalue weighted by molar-refractivity contribution is 6.00. The average Bonchev–Trinajstić information content (AvgIpc) is 3.00. The third kappa shape index (κ3) is 5.05. The number of carbonyl (C=O) groups excluding carboxylic acids is 1. The molecule has 1 aliphatic heterocycles. The zero-order valence-electron chi connectivity index (χ0n) is 19.2. The first-order chi connectivity index (χ1) is 15.7. The van der Waals surface area contributed by atoms with Crippen LogP contribution in [0.3, 0.4) is 0 Å². The van der Waals surface area contributed by atoms with Crippen molar-refractivity contribution in [1.82, 2.24) is 4.98 Å². The van der Waals surface area contributed by atoms with Crippen molar-refractivity contribution >= 4 is 28.8 Å². The molecule has 0 atom stereocenters. The second kappa shape index (κ2) is 10.8. The van der Waals surface area contributed by atoms with Crippen LogP contribution in [0.2, 0.25) is 0 Å². The first-order valence-electron chi connectivity index (χ1n) is 11.6. The maximum atomic E-state index is 13.7. The zero-order valence-corrected chi connectivity index (χ0v) is 19.2. The number of anilines is 4. The maximum absolute atomic E-state index is 13.7. The third-order valence-electron chi connectivity index (χ3n) is 6.46. The number of hydrogen-bond acceptors (Lipinski definition) is 6. The summed E-state index contributed by atoms with van der Waals surface area (Å²) >= 11 is 0. The second-order valence-corrected chi connectivity index (χ2v) is 8.57. The molecule has 4 rings (SSSR count). The van der Waals surface area contributed by atoms with Crippen molar-refractivity contribution in [3.8, 4) is 0 Å². The predicted octanol–water partition coefficient (Wildman–Crippen LogP) is 4.35. The van der Waals surface area contributed by atoms with E-state index in [2.05, 4.69) is 33.4 Å². The molecule has 0 radical (unpaired) electrons. The van der Waals surface area contributed by atoms with E-state index < -0.39 is 0 Å². The average molecular weight is 439 g/mol. The van der Waals surface area contributed by atoms with Gasteiger partial charge >= 0.3 is 0 Å². The highest BCUT2D eigenvalue weighted by atomic mass is 16.5. The van der Waals surface area contributed by atoms with E-state index in [1.54, 1.807) is 20.4 Å². The second-order valence-electron chi connectivity index (χ2n) is 8.57. The van der Waals surface area contributed by atoms with Gasteiger partial charge in [0.25, 0.3) is 0 Å². The molecule has 7 heteroatoms. The molecule has 1 aromatic heterocycles. The standard InChI is InChI=1S/C25H34N4O3/c1-31-15-13-28(14-16-32-2)21-10-11-22-23(17-21)29(25(30)19-7-4-3-5-8-19)18-20-9-6-12-26-24(20)27-22/h6,9-12,17,19H,3-5,7-8,13-16,18H2,1-2H3,(H,26,27). The number of methoxy groups -OCH3 is 2. The van der Waals surface area contributed by atoms with Crippen molar-refractivity contribution < 1.29 is 14.3 Å². The molecule has 0 unspecified atom stereocenters. The molecule has 7 nitrogen and oxygen atoms in total. The molecule has 1 amide bonds. The van der Waals surface area contributed by atoms with Gasteiger partial charge in [-0.2, -0.15) is 0 Å². The minimum absolute atomic E-state index is 0.0940. The van der Waals surface area contributed by atoms with Gasteiger partial charge in [-0.15, -0.1) is 0 Å². The van der Waals surface area contributed by atoms with Crippen LogP contribution in [-0.2, 0) is 20.8 Å². The first-order valence-corrected chi connectivity index (χ1v) is 11.6. The Kier molecular flexibility index (Phi) is 7.60. The van der Waals surface area contributed by atoms with Crippen molar-refractivity contribution in [3.05, 3.63) is 42.1 Å². The summed E-state index contributed by atoms with van der Waals surface area (Å²) in [6, 6.07) is 10.3. The molecule has 1 saturated carbocycles. The van der Waals surface area contributed by atoms with Crippen LogP contribution < -0.4 is 15.1 Å². The highest BCUT2D eigenvalue weighted by Crippen LogP contribution is 2.39. The lowest BCUT2D eigenvalue weighted by atomic mass is 9.88. The lowest BCUT2D eigenvalue weighted by Gasteiger charge is -2.31. The Bertz CT molecular complexity index is 906. The van der Waals surface area contributed by atoms with Crippen LogP contribution in [0, 0.1) is 5.92 Å². The molecule has 0 saturated heterocycles. The van der Waals surface area contributed by atoms with E-state index in [1.165, 1.54) is 6.42 Å². The van der Waals surface area contributed by atoms with E-state index in [0.717, 1.165) is 67.2 Å². The molecule has 1 N–H and O–H groups in total. The van der Waals surface area contributed by atoms with E-state index in [0.29, 0.717) is 19.8 Å². The number of rotatable bonds is 8. The lowest BCUT2D eigenvalue weighted by Crippen LogP contribution is -2.37. The summed E-state index contributed by atoms with van der Waals surface area (Å²) in [6.07, 6.45) is 7.24. The van der Waals surface area contributed by atoms with Crippen LogP contribution in [0.15, 0.2) is 36.5 Å². The van der Waals surface area contributed by atoms with Crippen LogP contribution in [0.5, 0.6) is 0 Å². The Morgan fingerprint density at radius 2 is 1.88 bits per heavy atom. The number of nitrogens with zero attached hydrogens (tertiary/aromatic N) is 3. The SMILES string of the molecule is COCCN(CCOC)c1ccc2c(c1)N(C(=O)C1CCCCC1)Cc1cccnc1N2. The number of nitrogens with one attached hydrogen (secondary N) is 1. The molecule has 1 fully saturated rings. The van der Waals surface area contributed by atoms with Crippen molar-refractivity contribution in [2.24, 2.45) is 5.92 Å². The molecular weight excluding hydrogens is 404 g/mol. The number of carbonyl (C=O) groups is 1. The van der Waals surface area contributed by atoms with Gasteiger partial charge in [-0.3, -0.25) is 4.79 Å². The number of hydrogen-bond donors (Lipinski definition) is 1. The van der Waals surface area contributed by atoms with Crippen molar-refractivity contribution in [2.75, 3.05) is 55.6 Å². The van der Waals surface area contributed by atoms with E-state index in [1.807, 2.05) is 17.0 Å². The number of ether oxygens (including phenoxy) is 2. The summed E-state index contributed by atoms with van der Waals surface area (Å²) < 4.78 is 10.6. The normalized spacial score (nSPS) is 16.0. The van der Waals surface area contributed by atoms with Gasteiger partial charge in [0.2, 0.25) is 5.91 Å². The monoisotopic (exact) mass is 438 g/mol. The Morgan fingerprint density at radius 3 is 2.59 bits per heavy atom. The molecule has 0 spiro atoms. The number of amides is 1. The first kappa shape index (κ1) is 22.6. The van der Waals surface area contributed by atoms with Crippen LogP contribution in [0.25, 0.3) is 0 Å². The molecule has 32 heavy (non-hydrogen) atoms. The zero-order chi connectivity index (χ0) is 22.3. The van der Waals surface area contributed by atoms with Crippen LogP contribution >= 0.6 is 0 Å². The number of fused-ring (bicyclic) bond motifs is 2. The predicted molar refractivity (Wildman–Crippen MR) is 128 cm³/mol. The minimum atomic E-state index is 0.0940. The molecule has 0 bridgehead atoms. The Balaban J connectivity index is 1.71. The quantitative estimate of drug-likeness (QED) is 0.661. The molecule has 2 aromatic rings. The highest BCUT2D eigenvalue weighted by Gasteiger charge is 2.31. The van der Waals surface area contributed by atoms with Gasteiger partial charge in [-0.05, 0) is 37.1 Å². The minimum Gasteiger partial charge on any atom is -0.383 e. The van der Waals surface area contributed by atoms with Crippen molar-refractivity contribution in [1.29, 1.82) is 0 Å². The number of benzene rings is 1. The maximum Gasteiger partial charge on any atom is 0.230 e. The molecular formula is C25H34N4O3. The fraction of sp³-hybridized carbons (Fsp3) is 0.520. The largest absolute Gasteiger partial charge is 0.383 e. The van der Waals surface area contributed by atoms with Crippen LogP contribution in [-0.4, -0.2) is 51.4 Å². The van der Waals surface area contributed by atoms with Gasteiger partial charge in [0.15, 0.2) is 0 Å². The van der Waals surface area contributed by atoms with E-state index in [4.69, 9.17) is 9.47 Å². The lowest BCUT2D eigenvalue weighted by molar-refractivity contribution is -0.123. The van der Waals surface area contributed by atoms with Crippen molar-refractivity contribution in [2.45, 2.75) is 38.6 Å². The van der Waals surface area contributed by atoms with Gasteiger partial charge < -0.3 is 24.6 Å². The van der Waals surface area contributed by atoms with Gasteiger partial charge in [-0.25, -0.2) is 4.98 Å². The van der Waals surface area contributed by atoms with E-state index in [9.17, 15) is 4.79 Å². The van der Waals surface area contributed by atoms with Crippen LogP contribution in [0.1, 0.15) is 37.7 Å². The Morgan fingerprint density at radius 1 is 1.12 bits per heavy atom. The molecule has 172 valence electrons. The summed E-state index contributed by atoms with van der Waals surface area (Å²) in [5.41, 5.74) is 3.91.